The summed E-state index contributed by atoms with van der Waals surface area (Å²) in [5.41, 5.74) is 3.57. The van der Waals surface area contributed by atoms with E-state index in [4.69, 9.17) is 16.3 Å². The zero-order chi connectivity index (χ0) is 24.3. The minimum atomic E-state index is -0.333. The monoisotopic (exact) mass is 477 g/mol. The van der Waals surface area contributed by atoms with Crippen LogP contribution in [0.25, 0.3) is 0 Å². The van der Waals surface area contributed by atoms with Crippen molar-refractivity contribution in [2.75, 3.05) is 5.32 Å². The predicted molar refractivity (Wildman–Crippen MR) is 133 cm³/mol. The number of rotatable bonds is 7. The number of carbonyl (C=O) groups is 1. The quantitative estimate of drug-likeness (QED) is 0.372. The second-order valence-electron chi connectivity index (χ2n) is 9.20. The first kappa shape index (κ1) is 23.6. The molecule has 0 fully saturated rings. The van der Waals surface area contributed by atoms with Gasteiger partial charge in [0.15, 0.2) is 18.2 Å². The average molecular weight is 478 g/mol. The first-order chi connectivity index (χ1) is 16.2. The van der Waals surface area contributed by atoms with Gasteiger partial charge in [0.1, 0.15) is 5.75 Å². The summed E-state index contributed by atoms with van der Waals surface area (Å²) in [6, 6.07) is 19.1. The molecule has 4 rings (SSSR count). The lowest BCUT2D eigenvalue weighted by molar-refractivity contribution is 0.101. The number of anilines is 1. The van der Waals surface area contributed by atoms with E-state index >= 15 is 0 Å². The zero-order valence-corrected chi connectivity index (χ0v) is 20.5. The number of hydrogen-bond acceptors (Lipinski definition) is 4. The molecule has 0 spiro atoms. The van der Waals surface area contributed by atoms with Gasteiger partial charge in [0.25, 0.3) is 5.91 Å². The number of halogens is 1. The Kier molecular flexibility index (Phi) is 6.75. The van der Waals surface area contributed by atoms with E-state index in [2.05, 4.69) is 48.4 Å². The number of amides is 1. The Morgan fingerprint density at radius 3 is 2.53 bits per heavy atom. The van der Waals surface area contributed by atoms with Crippen molar-refractivity contribution in [1.82, 2.24) is 19.6 Å². The van der Waals surface area contributed by atoms with E-state index in [1.54, 1.807) is 16.9 Å². The Morgan fingerprint density at radius 1 is 1.06 bits per heavy atom. The molecule has 0 aliphatic rings. The van der Waals surface area contributed by atoms with Gasteiger partial charge in [0, 0.05) is 23.0 Å². The number of nitrogens with one attached hydrogen (secondary N) is 1. The molecule has 4 aromatic rings. The van der Waals surface area contributed by atoms with E-state index in [9.17, 15) is 4.79 Å². The highest BCUT2D eigenvalue weighted by molar-refractivity contribution is 6.30. The molecule has 0 aliphatic carbocycles. The summed E-state index contributed by atoms with van der Waals surface area (Å²) in [5, 5.41) is 12.3. The first-order valence-electron chi connectivity index (χ1n) is 11.0. The Bertz CT molecular complexity index is 1290. The molecular weight excluding hydrogens is 450 g/mol. The highest BCUT2D eigenvalue weighted by atomic mass is 35.5. The third kappa shape index (κ3) is 5.85. The van der Waals surface area contributed by atoms with Crippen molar-refractivity contribution in [2.24, 2.45) is 0 Å². The summed E-state index contributed by atoms with van der Waals surface area (Å²) in [6.45, 7) is 9.21. The van der Waals surface area contributed by atoms with Gasteiger partial charge in [-0.2, -0.15) is 10.2 Å². The maximum atomic E-state index is 12.7. The van der Waals surface area contributed by atoms with Gasteiger partial charge in [-0.05, 0) is 53.8 Å². The molecule has 7 nitrogen and oxygen atoms in total. The SMILES string of the molecule is Cc1cc(NC(=O)c2ccn(COc3ccc(C(C)(C)C)cc3)n2)nn1Cc1cccc(Cl)c1. The van der Waals surface area contributed by atoms with Crippen LogP contribution in [0.15, 0.2) is 66.9 Å². The van der Waals surface area contributed by atoms with Crippen molar-refractivity contribution in [1.29, 1.82) is 0 Å². The van der Waals surface area contributed by atoms with E-state index in [1.807, 2.05) is 54.1 Å². The van der Waals surface area contributed by atoms with E-state index in [0.29, 0.717) is 17.4 Å². The normalized spacial score (nSPS) is 11.4. The van der Waals surface area contributed by atoms with Crippen LogP contribution in [0.2, 0.25) is 5.02 Å². The van der Waals surface area contributed by atoms with Crippen molar-refractivity contribution in [2.45, 2.75) is 46.4 Å². The summed E-state index contributed by atoms with van der Waals surface area (Å²) < 4.78 is 9.20. The van der Waals surface area contributed by atoms with Gasteiger partial charge in [0.05, 0.1) is 6.54 Å². The molecule has 0 atom stereocenters. The Balaban J connectivity index is 1.34. The molecule has 1 amide bonds. The van der Waals surface area contributed by atoms with Crippen LogP contribution in [0.3, 0.4) is 0 Å². The second-order valence-corrected chi connectivity index (χ2v) is 9.64. The summed E-state index contributed by atoms with van der Waals surface area (Å²) in [5.74, 6) is 0.880. The molecule has 2 aromatic carbocycles. The van der Waals surface area contributed by atoms with Crippen molar-refractivity contribution < 1.29 is 9.53 Å². The number of carbonyl (C=O) groups excluding carboxylic acids is 1. The molecule has 1 N–H and O–H groups in total. The molecule has 8 heteroatoms. The molecule has 2 aromatic heterocycles. The van der Waals surface area contributed by atoms with Gasteiger partial charge >= 0.3 is 0 Å². The molecular formula is C26H28ClN5O2. The minimum absolute atomic E-state index is 0.0897. The van der Waals surface area contributed by atoms with Crippen LogP contribution in [0, 0.1) is 6.92 Å². The van der Waals surface area contributed by atoms with Crippen molar-refractivity contribution >= 4 is 23.3 Å². The zero-order valence-electron chi connectivity index (χ0n) is 19.7. The van der Waals surface area contributed by atoms with Crippen LogP contribution in [0.4, 0.5) is 5.82 Å². The van der Waals surface area contributed by atoms with Gasteiger partial charge in [-0.1, -0.05) is 56.6 Å². The third-order valence-corrected chi connectivity index (χ3v) is 5.64. The number of ether oxygens (including phenoxy) is 1. The lowest BCUT2D eigenvalue weighted by atomic mass is 9.87. The maximum Gasteiger partial charge on any atom is 0.277 e. The van der Waals surface area contributed by atoms with E-state index in [1.165, 1.54) is 5.56 Å². The van der Waals surface area contributed by atoms with Crippen LogP contribution >= 0.6 is 11.6 Å². The summed E-state index contributed by atoms with van der Waals surface area (Å²) >= 11 is 6.07. The fourth-order valence-electron chi connectivity index (χ4n) is 3.47. The van der Waals surface area contributed by atoms with Gasteiger partial charge in [-0.3, -0.25) is 9.48 Å². The molecule has 34 heavy (non-hydrogen) atoms. The number of aryl methyl sites for hydroxylation is 1. The summed E-state index contributed by atoms with van der Waals surface area (Å²) in [7, 11) is 0. The summed E-state index contributed by atoms with van der Waals surface area (Å²) in [6.07, 6.45) is 1.71. The Hall–Kier alpha value is -3.58. The minimum Gasteiger partial charge on any atom is -0.471 e. The largest absolute Gasteiger partial charge is 0.471 e. The first-order valence-corrected chi connectivity index (χ1v) is 11.4. The van der Waals surface area contributed by atoms with Crippen molar-refractivity contribution in [3.8, 4) is 5.75 Å². The molecule has 0 aliphatic heterocycles. The van der Waals surface area contributed by atoms with Crippen LogP contribution in [-0.4, -0.2) is 25.5 Å². The molecule has 2 heterocycles. The molecule has 0 saturated heterocycles. The number of aromatic nitrogens is 4. The fraction of sp³-hybridized carbons (Fsp3) is 0.269. The average Bonchev–Trinajstić information content (AvgIpc) is 3.39. The van der Waals surface area contributed by atoms with Crippen molar-refractivity contribution in [3.63, 3.8) is 0 Å². The van der Waals surface area contributed by atoms with Gasteiger partial charge in [-0.15, -0.1) is 0 Å². The maximum absolute atomic E-state index is 12.7. The van der Waals surface area contributed by atoms with Crippen LogP contribution < -0.4 is 10.1 Å². The highest BCUT2D eigenvalue weighted by Crippen LogP contribution is 2.24. The van der Waals surface area contributed by atoms with Crippen molar-refractivity contribution in [3.05, 3.63) is 94.4 Å². The molecule has 176 valence electrons. The lowest BCUT2D eigenvalue weighted by Gasteiger charge is -2.19. The number of benzene rings is 2. The third-order valence-electron chi connectivity index (χ3n) is 5.40. The smallest absolute Gasteiger partial charge is 0.277 e. The van der Waals surface area contributed by atoms with E-state index in [-0.39, 0.29) is 23.7 Å². The molecule has 0 unspecified atom stereocenters. The topological polar surface area (TPSA) is 74.0 Å². The number of hydrogen-bond donors (Lipinski definition) is 1. The fourth-order valence-corrected chi connectivity index (χ4v) is 3.68. The van der Waals surface area contributed by atoms with Crippen LogP contribution in [-0.2, 0) is 18.7 Å². The molecule has 0 saturated carbocycles. The standard InChI is InChI=1S/C26H28ClN5O2/c1-18-14-24(30-32(18)16-19-6-5-7-21(27)15-19)28-25(33)23-12-13-31(29-23)17-34-22-10-8-20(9-11-22)26(2,3)4/h5-15H,16-17H2,1-4H3,(H,28,30,33). The molecule has 0 bridgehead atoms. The lowest BCUT2D eigenvalue weighted by Crippen LogP contribution is -2.15. The summed E-state index contributed by atoms with van der Waals surface area (Å²) in [4.78, 5) is 12.7. The number of nitrogens with zero attached hydrogens (tertiary/aromatic N) is 4. The second kappa shape index (κ2) is 9.73. The Morgan fingerprint density at radius 2 is 1.82 bits per heavy atom. The Labute approximate surface area is 204 Å². The van der Waals surface area contributed by atoms with E-state index < -0.39 is 0 Å². The molecule has 0 radical (unpaired) electrons. The van der Waals surface area contributed by atoms with Gasteiger partial charge in [-0.25, -0.2) is 4.68 Å². The van der Waals surface area contributed by atoms with Crippen LogP contribution in [0.1, 0.15) is 48.1 Å². The van der Waals surface area contributed by atoms with E-state index in [0.717, 1.165) is 17.0 Å². The van der Waals surface area contributed by atoms with Gasteiger partial charge in [0.2, 0.25) is 0 Å². The van der Waals surface area contributed by atoms with Gasteiger partial charge < -0.3 is 10.1 Å². The van der Waals surface area contributed by atoms with Crippen LogP contribution in [0.5, 0.6) is 5.75 Å². The highest BCUT2D eigenvalue weighted by Gasteiger charge is 2.14. The predicted octanol–water partition coefficient (Wildman–Crippen LogP) is 5.68.